The Morgan fingerprint density at radius 2 is 1.93 bits per heavy atom. The van der Waals surface area contributed by atoms with Gasteiger partial charge >= 0.3 is 0 Å². The van der Waals surface area contributed by atoms with E-state index in [2.05, 4.69) is 25.6 Å². The maximum Gasteiger partial charge on any atom is 0.143 e. The van der Waals surface area contributed by atoms with Gasteiger partial charge in [-0.3, -0.25) is 0 Å². The van der Waals surface area contributed by atoms with Crippen molar-refractivity contribution in [3.8, 4) is 18.1 Å². The van der Waals surface area contributed by atoms with Gasteiger partial charge in [-0.1, -0.05) is 37.7 Å². The predicted molar refractivity (Wildman–Crippen MR) is 64.9 cm³/mol. The van der Waals surface area contributed by atoms with Gasteiger partial charge in [-0.15, -0.1) is 6.42 Å². The van der Waals surface area contributed by atoms with Crippen LogP contribution in [0.2, 0.25) is 19.6 Å². The molecule has 0 aliphatic carbocycles. The first-order valence-electron chi connectivity index (χ1n) is 4.84. The molecule has 2 nitrogen and oxygen atoms in total. The molecule has 15 heavy (non-hydrogen) atoms. The third-order valence-electron chi connectivity index (χ3n) is 2.32. The fraction of sp³-hybridized carbons (Fsp3) is 0.333. The molecule has 1 rings (SSSR count). The Morgan fingerprint density at radius 3 is 2.40 bits per heavy atom. The molecule has 80 valence electrons. The lowest BCUT2D eigenvalue weighted by Crippen LogP contribution is -2.40. The molecule has 3 heteroatoms. The lowest BCUT2D eigenvalue weighted by Gasteiger charge is -2.22. The van der Waals surface area contributed by atoms with Gasteiger partial charge in [-0.25, -0.2) is 0 Å². The Bertz CT molecular complexity index is 399. The normalized spacial score (nSPS) is 13.3. The van der Waals surface area contributed by atoms with Crippen LogP contribution in [-0.2, 0) is 0 Å². The van der Waals surface area contributed by atoms with E-state index in [-0.39, 0.29) is 5.75 Å². The molecule has 0 aliphatic heterocycles. The van der Waals surface area contributed by atoms with Crippen molar-refractivity contribution in [3.05, 3.63) is 23.8 Å². The summed E-state index contributed by atoms with van der Waals surface area (Å²) in [4.78, 5) is 0. The molecule has 1 unspecified atom stereocenters. The highest BCUT2D eigenvalue weighted by Gasteiger charge is 2.24. The van der Waals surface area contributed by atoms with Gasteiger partial charge in [-0.05, 0) is 11.3 Å². The van der Waals surface area contributed by atoms with E-state index in [1.54, 1.807) is 12.1 Å². The zero-order chi connectivity index (χ0) is 11.6. The topological polar surface area (TPSA) is 40.5 Å². The van der Waals surface area contributed by atoms with Gasteiger partial charge in [0.2, 0.25) is 0 Å². The van der Waals surface area contributed by atoms with Crippen LogP contribution in [0.4, 0.5) is 0 Å². The molecule has 0 heterocycles. The molecule has 0 amide bonds. The van der Waals surface area contributed by atoms with E-state index in [0.717, 1.165) is 5.19 Å². The average molecular weight is 220 g/mol. The van der Waals surface area contributed by atoms with Crippen LogP contribution in [0.5, 0.6) is 5.75 Å². The number of terminal acetylenes is 1. The van der Waals surface area contributed by atoms with E-state index in [0.29, 0.717) is 5.56 Å². The van der Waals surface area contributed by atoms with Crippen molar-refractivity contribution in [1.29, 1.82) is 0 Å². The number of aliphatic hydroxyl groups is 1. The van der Waals surface area contributed by atoms with E-state index in [1.165, 1.54) is 0 Å². The number of hydrogen-bond acceptors (Lipinski definition) is 2. The molecule has 0 aromatic heterocycles. The quantitative estimate of drug-likeness (QED) is 0.587. The smallest absolute Gasteiger partial charge is 0.143 e. The molecule has 0 fully saturated rings. The molecule has 0 aliphatic rings. The van der Waals surface area contributed by atoms with Gasteiger partial charge in [0.25, 0.3) is 0 Å². The van der Waals surface area contributed by atoms with Gasteiger partial charge in [0.1, 0.15) is 11.9 Å². The van der Waals surface area contributed by atoms with Crippen molar-refractivity contribution in [3.63, 3.8) is 0 Å². The van der Waals surface area contributed by atoms with Crippen molar-refractivity contribution in [2.24, 2.45) is 0 Å². The van der Waals surface area contributed by atoms with Gasteiger partial charge in [-0.2, -0.15) is 0 Å². The summed E-state index contributed by atoms with van der Waals surface area (Å²) in [5, 5.41) is 20.4. The molecule has 0 spiro atoms. The summed E-state index contributed by atoms with van der Waals surface area (Å²) in [5.74, 6) is 2.34. The second kappa shape index (κ2) is 4.09. The monoisotopic (exact) mass is 220 g/mol. The van der Waals surface area contributed by atoms with Crippen molar-refractivity contribution < 1.29 is 10.2 Å². The average Bonchev–Trinajstić information content (AvgIpc) is 2.15. The zero-order valence-electron chi connectivity index (χ0n) is 9.28. The fourth-order valence-electron chi connectivity index (χ4n) is 1.58. The molecular weight excluding hydrogens is 204 g/mol. The molecular formula is C12H16O2Si. The molecule has 2 N–H and O–H groups in total. The van der Waals surface area contributed by atoms with Gasteiger partial charge in [0.05, 0.1) is 8.07 Å². The highest BCUT2D eigenvalue weighted by Crippen LogP contribution is 2.24. The molecule has 0 saturated carbocycles. The van der Waals surface area contributed by atoms with Gasteiger partial charge < -0.3 is 10.2 Å². The number of benzene rings is 1. The fourth-order valence-corrected chi connectivity index (χ4v) is 3.25. The number of aliphatic hydroxyl groups excluding tert-OH is 1. The standard InChI is InChI=1S/C12H16O2Si/c1-5-9(13)12-10(14)7-6-8-11(12)15(2,3)4/h1,6-9,13-14H,2-4H3. The third kappa shape index (κ3) is 2.41. The Hall–Kier alpha value is -1.24. The predicted octanol–water partition coefficient (Wildman–Crippen LogP) is 1.60. The summed E-state index contributed by atoms with van der Waals surface area (Å²) >= 11 is 0. The summed E-state index contributed by atoms with van der Waals surface area (Å²) in [5.41, 5.74) is 0.499. The van der Waals surface area contributed by atoms with Crippen LogP contribution in [0.3, 0.4) is 0 Å². The minimum Gasteiger partial charge on any atom is -0.508 e. The summed E-state index contributed by atoms with van der Waals surface area (Å²) < 4.78 is 0. The lowest BCUT2D eigenvalue weighted by atomic mass is 10.1. The van der Waals surface area contributed by atoms with Crippen molar-refractivity contribution in [1.82, 2.24) is 0 Å². The third-order valence-corrected chi connectivity index (χ3v) is 4.37. The molecule has 0 saturated heterocycles. The first kappa shape index (κ1) is 11.8. The maximum absolute atomic E-state index is 9.72. The zero-order valence-corrected chi connectivity index (χ0v) is 10.3. The number of phenolic OH excluding ortho intramolecular Hbond substituents is 1. The van der Waals surface area contributed by atoms with E-state index in [1.807, 2.05) is 6.07 Å². The number of rotatable bonds is 2. The van der Waals surface area contributed by atoms with Crippen LogP contribution in [0.1, 0.15) is 11.7 Å². The molecule has 0 radical (unpaired) electrons. The van der Waals surface area contributed by atoms with Crippen molar-refractivity contribution in [2.45, 2.75) is 25.7 Å². The lowest BCUT2D eigenvalue weighted by molar-refractivity contribution is 0.234. The first-order chi connectivity index (χ1) is 6.88. The van der Waals surface area contributed by atoms with Gasteiger partial charge in [0.15, 0.2) is 0 Å². The summed E-state index contributed by atoms with van der Waals surface area (Å²) in [6, 6.07) is 5.27. The van der Waals surface area contributed by atoms with Crippen LogP contribution in [0.15, 0.2) is 18.2 Å². The summed E-state index contributed by atoms with van der Waals surface area (Å²) in [7, 11) is -1.60. The van der Waals surface area contributed by atoms with E-state index < -0.39 is 14.2 Å². The first-order valence-corrected chi connectivity index (χ1v) is 8.34. The van der Waals surface area contributed by atoms with Gasteiger partial charge in [0, 0.05) is 5.56 Å². The molecule has 1 aromatic rings. The number of hydrogen-bond donors (Lipinski definition) is 2. The summed E-state index contributed by atoms with van der Waals surface area (Å²) in [6.45, 7) is 6.44. The van der Waals surface area contributed by atoms with Crippen LogP contribution >= 0.6 is 0 Å². The molecule has 0 bridgehead atoms. The Kier molecular flexibility index (Phi) is 3.23. The second-order valence-electron chi connectivity index (χ2n) is 4.56. The van der Waals surface area contributed by atoms with E-state index in [9.17, 15) is 10.2 Å². The Labute approximate surface area is 91.6 Å². The van der Waals surface area contributed by atoms with Crippen molar-refractivity contribution in [2.75, 3.05) is 0 Å². The Balaban J connectivity index is 3.41. The second-order valence-corrected chi connectivity index (χ2v) is 9.60. The molecule has 1 atom stereocenters. The largest absolute Gasteiger partial charge is 0.508 e. The minimum absolute atomic E-state index is 0.0837. The number of aromatic hydroxyl groups is 1. The Morgan fingerprint density at radius 1 is 1.33 bits per heavy atom. The van der Waals surface area contributed by atoms with Crippen LogP contribution < -0.4 is 5.19 Å². The highest BCUT2D eigenvalue weighted by molar-refractivity contribution is 6.89. The van der Waals surface area contributed by atoms with Crippen LogP contribution in [0, 0.1) is 12.3 Å². The van der Waals surface area contributed by atoms with E-state index >= 15 is 0 Å². The van der Waals surface area contributed by atoms with Crippen LogP contribution in [-0.4, -0.2) is 18.3 Å². The maximum atomic E-state index is 9.72. The summed E-state index contributed by atoms with van der Waals surface area (Å²) in [6.07, 6.45) is 4.17. The minimum atomic E-state index is -1.60. The highest BCUT2D eigenvalue weighted by atomic mass is 28.3. The van der Waals surface area contributed by atoms with Crippen molar-refractivity contribution >= 4 is 13.3 Å². The van der Waals surface area contributed by atoms with Crippen LogP contribution in [0.25, 0.3) is 0 Å². The molecule has 1 aromatic carbocycles. The SMILES string of the molecule is C#CC(O)c1c(O)cccc1[Si](C)(C)C. The van der Waals surface area contributed by atoms with E-state index in [4.69, 9.17) is 6.42 Å². The number of phenols is 1.